The highest BCUT2D eigenvalue weighted by atomic mass is 16.6. The van der Waals surface area contributed by atoms with Crippen molar-refractivity contribution in [3.8, 4) is 22.6 Å². The van der Waals surface area contributed by atoms with E-state index in [-0.39, 0.29) is 35.1 Å². The molecule has 0 amide bonds. The number of benzene rings is 2. The van der Waals surface area contributed by atoms with E-state index in [9.17, 15) is 14.7 Å². The van der Waals surface area contributed by atoms with E-state index in [4.69, 9.17) is 14.2 Å². The van der Waals surface area contributed by atoms with Crippen LogP contribution in [0.3, 0.4) is 0 Å². The highest BCUT2D eigenvalue weighted by Crippen LogP contribution is 2.39. The number of fused-ring (bicyclic) bond motifs is 1. The number of carbonyl (C=O) groups excluding carboxylic acids is 2. The normalized spacial score (nSPS) is 15.5. The minimum absolute atomic E-state index is 0.141. The number of rotatable bonds is 8. The molecular weight excluding hydrogens is 420 g/mol. The third-order valence-electron chi connectivity index (χ3n) is 5.41. The smallest absolute Gasteiger partial charge is 0.338 e. The fourth-order valence-corrected chi connectivity index (χ4v) is 3.43. The third-order valence-corrected chi connectivity index (χ3v) is 5.41. The lowest BCUT2D eigenvalue weighted by Crippen LogP contribution is -2.22. The molecule has 174 valence electrons. The largest absolute Gasteiger partial charge is 0.461 e. The van der Waals surface area contributed by atoms with Gasteiger partial charge in [-0.15, -0.1) is 0 Å². The Balaban J connectivity index is 1.91. The Bertz CT molecular complexity index is 1100. The van der Waals surface area contributed by atoms with Crippen molar-refractivity contribution in [2.45, 2.75) is 52.9 Å². The summed E-state index contributed by atoms with van der Waals surface area (Å²) in [6, 6.07) is 11.2. The van der Waals surface area contributed by atoms with Gasteiger partial charge in [-0.3, -0.25) is 0 Å². The summed E-state index contributed by atoms with van der Waals surface area (Å²) in [6.45, 7) is 14.1. The molecule has 2 aromatic rings. The van der Waals surface area contributed by atoms with Gasteiger partial charge in [-0.1, -0.05) is 51.3 Å². The number of carbonyl (C=O) groups is 2. The molecule has 6 heteroatoms. The van der Waals surface area contributed by atoms with E-state index in [1.807, 2.05) is 38.1 Å². The maximum Gasteiger partial charge on any atom is 0.338 e. The number of hydrogen-bond acceptors (Lipinski definition) is 6. The van der Waals surface area contributed by atoms with Gasteiger partial charge in [0.1, 0.15) is 6.10 Å². The minimum atomic E-state index is -1.04. The summed E-state index contributed by atoms with van der Waals surface area (Å²) in [5, 5.41) is 10.1. The van der Waals surface area contributed by atoms with Crippen LogP contribution in [0.15, 0.2) is 60.7 Å². The zero-order valence-electron chi connectivity index (χ0n) is 19.5. The molecule has 2 atom stereocenters. The van der Waals surface area contributed by atoms with Crippen molar-refractivity contribution in [1.29, 1.82) is 0 Å². The summed E-state index contributed by atoms with van der Waals surface area (Å²) in [6.07, 6.45) is 0.186. The van der Waals surface area contributed by atoms with Crippen molar-refractivity contribution in [1.82, 2.24) is 0 Å². The first-order valence-corrected chi connectivity index (χ1v) is 10.9. The monoisotopic (exact) mass is 450 g/mol. The summed E-state index contributed by atoms with van der Waals surface area (Å²) in [7, 11) is 0. The molecule has 1 aliphatic rings. The first kappa shape index (κ1) is 24.3. The molecule has 33 heavy (non-hydrogen) atoms. The minimum Gasteiger partial charge on any atom is -0.461 e. The zero-order chi connectivity index (χ0) is 24.3. The van der Waals surface area contributed by atoms with Gasteiger partial charge in [0.25, 0.3) is 0 Å². The van der Waals surface area contributed by atoms with E-state index in [0.29, 0.717) is 5.57 Å². The Kier molecular flexibility index (Phi) is 7.39. The molecule has 0 bridgehead atoms. The van der Waals surface area contributed by atoms with Crippen molar-refractivity contribution in [2.24, 2.45) is 5.92 Å². The second-order valence-electron chi connectivity index (χ2n) is 8.71. The van der Waals surface area contributed by atoms with E-state index >= 15 is 0 Å². The molecule has 2 unspecified atom stereocenters. The van der Waals surface area contributed by atoms with Crippen molar-refractivity contribution in [3.63, 3.8) is 0 Å². The van der Waals surface area contributed by atoms with Crippen LogP contribution in [0.1, 0.15) is 51.3 Å². The van der Waals surface area contributed by atoms with Gasteiger partial charge in [0, 0.05) is 17.1 Å². The van der Waals surface area contributed by atoms with Crippen LogP contribution < -0.4 is 9.47 Å². The molecule has 0 fully saturated rings. The number of aliphatic hydroxyl groups excluding tert-OH is 1. The van der Waals surface area contributed by atoms with Crippen molar-refractivity contribution < 1.29 is 28.9 Å². The summed E-state index contributed by atoms with van der Waals surface area (Å²) in [5.41, 5.74) is 4.45. The highest BCUT2D eigenvalue weighted by Gasteiger charge is 2.26. The Labute approximate surface area is 194 Å². The average molecular weight is 451 g/mol. The Hall–Kier alpha value is -3.38. The standard InChI is InChI=1S/C27H30O6/c1-15(2)25(28)31-22-11-9-20-13-18(7-10-21(20)22)19-8-12-23(32-26(29)16(3)4)24(14-19)33-27(30)17(5)6/h7-8,10,12-14,16,22,26,29H,1,5,9,11H2,2-4,6H3. The predicted molar refractivity (Wildman–Crippen MR) is 126 cm³/mol. The van der Waals surface area contributed by atoms with E-state index in [2.05, 4.69) is 13.2 Å². The number of aryl methyl sites for hydroxylation is 1. The van der Waals surface area contributed by atoms with Gasteiger partial charge in [-0.25, -0.2) is 9.59 Å². The lowest BCUT2D eigenvalue weighted by molar-refractivity contribution is -0.144. The molecule has 0 aliphatic heterocycles. The second kappa shape index (κ2) is 10.0. The Morgan fingerprint density at radius 2 is 1.61 bits per heavy atom. The predicted octanol–water partition coefficient (Wildman–Crippen LogP) is 5.29. The third kappa shape index (κ3) is 5.71. The van der Waals surface area contributed by atoms with E-state index in [1.54, 1.807) is 26.0 Å². The SMILES string of the molecule is C=C(C)C(=O)Oc1cc(-c2ccc3c(c2)CCC3OC(=O)C(=C)C)ccc1OC(O)C(C)C. The van der Waals surface area contributed by atoms with Gasteiger partial charge < -0.3 is 19.3 Å². The number of hydrogen-bond donors (Lipinski definition) is 1. The van der Waals surface area contributed by atoms with Gasteiger partial charge in [-0.2, -0.15) is 0 Å². The zero-order valence-corrected chi connectivity index (χ0v) is 19.5. The van der Waals surface area contributed by atoms with Crippen LogP contribution in [0.4, 0.5) is 0 Å². The maximum atomic E-state index is 12.2. The van der Waals surface area contributed by atoms with E-state index in [1.165, 1.54) is 0 Å². The van der Waals surface area contributed by atoms with Crippen molar-refractivity contribution in [2.75, 3.05) is 0 Å². The topological polar surface area (TPSA) is 82.1 Å². The van der Waals surface area contributed by atoms with Gasteiger partial charge in [0.15, 0.2) is 17.8 Å². The molecule has 0 spiro atoms. The molecule has 3 rings (SSSR count). The molecule has 6 nitrogen and oxygen atoms in total. The quantitative estimate of drug-likeness (QED) is 0.255. The van der Waals surface area contributed by atoms with Crippen LogP contribution in [0.25, 0.3) is 11.1 Å². The van der Waals surface area contributed by atoms with Crippen LogP contribution in [0, 0.1) is 5.92 Å². The average Bonchev–Trinajstić information content (AvgIpc) is 3.16. The summed E-state index contributed by atoms with van der Waals surface area (Å²) < 4.78 is 16.7. The van der Waals surface area contributed by atoms with Gasteiger partial charge in [0.05, 0.1) is 0 Å². The molecule has 0 saturated carbocycles. The van der Waals surface area contributed by atoms with Crippen LogP contribution >= 0.6 is 0 Å². The first-order valence-electron chi connectivity index (χ1n) is 10.9. The molecule has 1 N–H and O–H groups in total. The fraction of sp³-hybridized carbons (Fsp3) is 0.333. The Morgan fingerprint density at radius 3 is 2.24 bits per heavy atom. The van der Waals surface area contributed by atoms with Crippen molar-refractivity contribution >= 4 is 11.9 Å². The summed E-state index contributed by atoms with van der Waals surface area (Å²) in [5.74, 6) is -0.637. The molecule has 0 aromatic heterocycles. The fourth-order valence-electron chi connectivity index (χ4n) is 3.43. The van der Waals surface area contributed by atoms with Crippen molar-refractivity contribution in [3.05, 3.63) is 71.8 Å². The van der Waals surface area contributed by atoms with E-state index in [0.717, 1.165) is 35.1 Å². The molecular formula is C27H30O6. The highest BCUT2D eigenvalue weighted by molar-refractivity contribution is 5.89. The number of ether oxygens (including phenoxy) is 3. The molecule has 2 aromatic carbocycles. The molecule has 0 saturated heterocycles. The van der Waals surface area contributed by atoms with E-state index < -0.39 is 12.3 Å². The van der Waals surface area contributed by atoms with Gasteiger partial charge >= 0.3 is 11.9 Å². The molecule has 1 aliphatic carbocycles. The van der Waals surface area contributed by atoms with Gasteiger partial charge in [-0.05, 0) is 61.1 Å². The van der Waals surface area contributed by atoms with Crippen LogP contribution in [0.2, 0.25) is 0 Å². The number of esters is 2. The maximum absolute atomic E-state index is 12.2. The lowest BCUT2D eigenvalue weighted by Gasteiger charge is -2.19. The molecule has 0 heterocycles. The summed E-state index contributed by atoms with van der Waals surface area (Å²) in [4.78, 5) is 24.1. The Morgan fingerprint density at radius 1 is 0.970 bits per heavy atom. The first-order chi connectivity index (χ1) is 15.6. The molecule has 0 radical (unpaired) electrons. The second-order valence-corrected chi connectivity index (χ2v) is 8.71. The summed E-state index contributed by atoms with van der Waals surface area (Å²) >= 11 is 0. The van der Waals surface area contributed by atoms with Gasteiger partial charge in [0.2, 0.25) is 0 Å². The number of aliphatic hydroxyl groups is 1. The van der Waals surface area contributed by atoms with Crippen LogP contribution in [-0.4, -0.2) is 23.3 Å². The van der Waals surface area contributed by atoms with Crippen LogP contribution in [-0.2, 0) is 20.7 Å². The van der Waals surface area contributed by atoms with Crippen LogP contribution in [0.5, 0.6) is 11.5 Å². The lowest BCUT2D eigenvalue weighted by atomic mass is 9.99.